The van der Waals surface area contributed by atoms with Crippen LogP contribution >= 0.6 is 0 Å². The lowest BCUT2D eigenvalue weighted by Crippen LogP contribution is -2.40. The summed E-state index contributed by atoms with van der Waals surface area (Å²) in [5.41, 5.74) is 0.716. The second-order valence-electron chi connectivity index (χ2n) is 5.85. The van der Waals surface area contributed by atoms with E-state index in [1.54, 1.807) is 6.07 Å². The Balaban J connectivity index is 1.66. The predicted molar refractivity (Wildman–Crippen MR) is 81.0 cm³/mol. The van der Waals surface area contributed by atoms with Crippen molar-refractivity contribution >= 4 is 5.78 Å². The van der Waals surface area contributed by atoms with E-state index < -0.39 is 0 Å². The van der Waals surface area contributed by atoms with E-state index in [1.807, 2.05) is 12.1 Å². The van der Waals surface area contributed by atoms with Gasteiger partial charge in [-0.15, -0.1) is 0 Å². The number of carbonyl (C=O) groups is 1. The van der Waals surface area contributed by atoms with Crippen molar-refractivity contribution in [3.8, 4) is 11.5 Å². The van der Waals surface area contributed by atoms with Crippen LogP contribution in [0.5, 0.6) is 11.5 Å². The van der Waals surface area contributed by atoms with Crippen molar-refractivity contribution in [2.24, 2.45) is 0 Å². The Bertz CT molecular complexity index is 509. The van der Waals surface area contributed by atoms with Crippen LogP contribution in [0.1, 0.15) is 49.4 Å². The summed E-state index contributed by atoms with van der Waals surface area (Å²) in [6.07, 6.45) is 6.37. The molecule has 21 heavy (non-hydrogen) atoms. The summed E-state index contributed by atoms with van der Waals surface area (Å²) >= 11 is 0. The molecule has 1 heterocycles. The van der Waals surface area contributed by atoms with Crippen LogP contribution in [0.3, 0.4) is 0 Å². The zero-order valence-electron chi connectivity index (χ0n) is 12.6. The molecule has 1 aromatic carbocycles. The first-order chi connectivity index (χ1) is 10.3. The zero-order chi connectivity index (χ0) is 14.7. The summed E-state index contributed by atoms with van der Waals surface area (Å²) in [7, 11) is 0. The normalized spacial score (nSPS) is 18.2. The smallest absolute Gasteiger partial charge is 0.231 e. The maximum Gasteiger partial charge on any atom is 0.231 e. The van der Waals surface area contributed by atoms with Gasteiger partial charge in [0.1, 0.15) is 0 Å². The second-order valence-corrected chi connectivity index (χ2v) is 5.85. The van der Waals surface area contributed by atoms with Crippen LogP contribution in [0.4, 0.5) is 0 Å². The average Bonchev–Trinajstić information content (AvgIpc) is 3.00. The Labute approximate surface area is 126 Å². The fourth-order valence-electron chi connectivity index (χ4n) is 3.29. The Kier molecular flexibility index (Phi) is 4.44. The van der Waals surface area contributed by atoms with E-state index in [0.717, 1.165) is 12.3 Å². The van der Waals surface area contributed by atoms with Gasteiger partial charge < -0.3 is 9.47 Å². The van der Waals surface area contributed by atoms with Crippen molar-refractivity contribution in [3.63, 3.8) is 0 Å². The lowest BCUT2D eigenvalue weighted by atomic mass is 9.94. The molecule has 2 aliphatic rings. The van der Waals surface area contributed by atoms with Crippen molar-refractivity contribution in [3.05, 3.63) is 23.8 Å². The summed E-state index contributed by atoms with van der Waals surface area (Å²) in [6.45, 7) is 3.82. The molecule has 1 saturated carbocycles. The molecule has 0 aromatic heterocycles. The van der Waals surface area contributed by atoms with Crippen LogP contribution in [0.25, 0.3) is 0 Å². The summed E-state index contributed by atoms with van der Waals surface area (Å²) in [6, 6.07) is 6.04. The van der Waals surface area contributed by atoms with Gasteiger partial charge in [-0.05, 0) is 37.6 Å². The molecule has 3 rings (SSSR count). The summed E-state index contributed by atoms with van der Waals surface area (Å²) in [5, 5.41) is 0. The molecule has 0 bridgehead atoms. The SMILES string of the molecule is CCN(CC(=O)c1ccc2c(c1)OCO2)C1CCCCC1. The third kappa shape index (κ3) is 3.21. The number of Topliss-reactive ketones (excluding diaryl/α,β-unsaturated/α-hetero) is 1. The number of hydrogen-bond donors (Lipinski definition) is 0. The fraction of sp³-hybridized carbons (Fsp3) is 0.588. The Hall–Kier alpha value is -1.55. The molecule has 0 atom stereocenters. The highest BCUT2D eigenvalue weighted by Crippen LogP contribution is 2.32. The number of fused-ring (bicyclic) bond motifs is 1. The largest absolute Gasteiger partial charge is 0.454 e. The lowest BCUT2D eigenvalue weighted by Gasteiger charge is -2.33. The average molecular weight is 289 g/mol. The van der Waals surface area contributed by atoms with Crippen molar-refractivity contribution < 1.29 is 14.3 Å². The fourth-order valence-corrected chi connectivity index (χ4v) is 3.29. The number of ether oxygens (including phenoxy) is 2. The van der Waals surface area contributed by atoms with E-state index in [2.05, 4.69) is 11.8 Å². The maximum atomic E-state index is 12.5. The minimum atomic E-state index is 0.167. The Morgan fingerprint density at radius 1 is 1.19 bits per heavy atom. The van der Waals surface area contributed by atoms with E-state index >= 15 is 0 Å². The number of ketones is 1. The molecule has 0 saturated heterocycles. The molecule has 0 unspecified atom stereocenters. The van der Waals surface area contributed by atoms with E-state index in [1.165, 1.54) is 32.1 Å². The third-order valence-corrected chi connectivity index (χ3v) is 4.54. The first kappa shape index (κ1) is 14.4. The quantitative estimate of drug-likeness (QED) is 0.780. The van der Waals surface area contributed by atoms with Crippen molar-refractivity contribution in [2.75, 3.05) is 19.9 Å². The number of rotatable bonds is 5. The molecular formula is C17H23NO3. The van der Waals surface area contributed by atoms with Gasteiger partial charge in [-0.1, -0.05) is 26.2 Å². The molecule has 4 heteroatoms. The van der Waals surface area contributed by atoms with E-state index in [4.69, 9.17) is 9.47 Å². The zero-order valence-corrected chi connectivity index (χ0v) is 12.6. The number of nitrogens with zero attached hydrogens (tertiary/aromatic N) is 1. The van der Waals surface area contributed by atoms with Crippen molar-refractivity contribution in [1.82, 2.24) is 4.90 Å². The molecule has 114 valence electrons. The maximum absolute atomic E-state index is 12.5. The Morgan fingerprint density at radius 3 is 2.71 bits per heavy atom. The highest BCUT2D eigenvalue weighted by molar-refractivity contribution is 5.98. The predicted octanol–water partition coefficient (Wildman–Crippen LogP) is 3.25. The van der Waals surface area contributed by atoms with Crippen LogP contribution in [-0.2, 0) is 0 Å². The van der Waals surface area contributed by atoms with Crippen molar-refractivity contribution in [2.45, 2.75) is 45.1 Å². The van der Waals surface area contributed by atoms with Gasteiger partial charge in [-0.3, -0.25) is 9.69 Å². The standard InChI is InChI=1S/C17H23NO3/c1-2-18(14-6-4-3-5-7-14)11-15(19)13-8-9-16-17(10-13)21-12-20-16/h8-10,14H,2-7,11-12H2,1H3. The highest BCUT2D eigenvalue weighted by atomic mass is 16.7. The number of carbonyl (C=O) groups excluding carboxylic acids is 1. The molecule has 1 aliphatic heterocycles. The summed E-state index contributed by atoms with van der Waals surface area (Å²) in [4.78, 5) is 14.8. The first-order valence-electron chi connectivity index (χ1n) is 7.95. The van der Waals surface area contributed by atoms with Crippen LogP contribution < -0.4 is 9.47 Å². The first-order valence-corrected chi connectivity index (χ1v) is 7.95. The minimum absolute atomic E-state index is 0.167. The topological polar surface area (TPSA) is 38.8 Å². The minimum Gasteiger partial charge on any atom is -0.454 e. The van der Waals surface area contributed by atoms with Gasteiger partial charge in [-0.25, -0.2) is 0 Å². The molecule has 0 spiro atoms. The van der Waals surface area contributed by atoms with E-state index in [0.29, 0.717) is 23.9 Å². The van der Waals surface area contributed by atoms with Gasteiger partial charge in [0.15, 0.2) is 17.3 Å². The molecule has 0 amide bonds. The molecular weight excluding hydrogens is 266 g/mol. The summed E-state index contributed by atoms with van der Waals surface area (Å²) < 4.78 is 10.6. The number of hydrogen-bond acceptors (Lipinski definition) is 4. The summed E-state index contributed by atoms with van der Waals surface area (Å²) in [5.74, 6) is 1.58. The van der Waals surface area contributed by atoms with Crippen LogP contribution in [0, 0.1) is 0 Å². The highest BCUT2D eigenvalue weighted by Gasteiger charge is 2.23. The van der Waals surface area contributed by atoms with Crippen LogP contribution in [-0.4, -0.2) is 36.6 Å². The van der Waals surface area contributed by atoms with E-state index in [9.17, 15) is 4.79 Å². The number of benzene rings is 1. The molecule has 1 aromatic rings. The van der Waals surface area contributed by atoms with Crippen LogP contribution in [0.2, 0.25) is 0 Å². The molecule has 0 N–H and O–H groups in total. The second kappa shape index (κ2) is 6.48. The van der Waals surface area contributed by atoms with Gasteiger partial charge >= 0.3 is 0 Å². The van der Waals surface area contributed by atoms with Gasteiger partial charge in [0.25, 0.3) is 0 Å². The lowest BCUT2D eigenvalue weighted by molar-refractivity contribution is 0.0868. The molecule has 4 nitrogen and oxygen atoms in total. The monoisotopic (exact) mass is 289 g/mol. The number of likely N-dealkylation sites (N-methyl/N-ethyl adjacent to an activating group) is 1. The van der Waals surface area contributed by atoms with Crippen molar-refractivity contribution in [1.29, 1.82) is 0 Å². The van der Waals surface area contributed by atoms with Gasteiger partial charge in [0.05, 0.1) is 6.54 Å². The van der Waals surface area contributed by atoms with Crippen LogP contribution in [0.15, 0.2) is 18.2 Å². The molecule has 1 aliphatic carbocycles. The molecule has 1 fully saturated rings. The van der Waals surface area contributed by atoms with Gasteiger partial charge in [0, 0.05) is 11.6 Å². The molecule has 0 radical (unpaired) electrons. The van der Waals surface area contributed by atoms with E-state index in [-0.39, 0.29) is 12.6 Å². The Morgan fingerprint density at radius 2 is 1.95 bits per heavy atom. The van der Waals surface area contributed by atoms with Gasteiger partial charge in [0.2, 0.25) is 6.79 Å². The van der Waals surface area contributed by atoms with Gasteiger partial charge in [-0.2, -0.15) is 0 Å². The third-order valence-electron chi connectivity index (χ3n) is 4.54.